The number of alkyl halides is 2. The van der Waals surface area contributed by atoms with Crippen LogP contribution in [-0.4, -0.2) is 101 Å². The number of aryl methyl sites for hydroxylation is 1. The molecule has 2 N–H and O–H groups in total. The number of hydrogen-bond donors (Lipinski definition) is 2. The van der Waals surface area contributed by atoms with Crippen LogP contribution >= 0.6 is 0 Å². The number of imide groups is 1. The molecule has 332 valence electrons. The van der Waals surface area contributed by atoms with Gasteiger partial charge in [0.2, 0.25) is 11.8 Å². The molecule has 3 amide bonds. The van der Waals surface area contributed by atoms with Crippen LogP contribution in [0.3, 0.4) is 0 Å². The molecule has 1 spiro atoms. The number of morpholine rings is 1. The number of rotatable bonds is 10. The fourth-order valence-corrected chi connectivity index (χ4v) is 12.0. The summed E-state index contributed by atoms with van der Waals surface area (Å²) in [5.74, 6) is 0.531. The summed E-state index contributed by atoms with van der Waals surface area (Å²) in [6.07, 6.45) is 12.8. The van der Waals surface area contributed by atoms with E-state index in [2.05, 4.69) is 36.7 Å². The largest absolute Gasteiger partial charge is 0.374 e. The number of carbonyl (C=O) groups excluding carboxylic acids is 3. The van der Waals surface area contributed by atoms with Gasteiger partial charge >= 0.3 is 5.69 Å². The van der Waals surface area contributed by atoms with Crippen LogP contribution in [-0.2, 0) is 27.8 Å². The number of ether oxygens (including phenoxy) is 1. The Morgan fingerprint density at radius 3 is 2.57 bits per heavy atom. The molecule has 6 aliphatic rings. The Bertz CT molecular complexity index is 2660. The predicted molar refractivity (Wildman–Crippen MR) is 228 cm³/mol. The molecule has 4 aliphatic heterocycles. The van der Waals surface area contributed by atoms with Crippen molar-refractivity contribution in [3.8, 4) is 0 Å². The molecule has 16 nitrogen and oxygen atoms in total. The molecule has 8 heterocycles. The van der Waals surface area contributed by atoms with E-state index in [9.17, 15) is 28.0 Å². The SMILES string of the molecule is Cn1c(=O)n(C2CCC(=O)NC2=O)c2cccc(CC3CC4(CCN(CC5CCC(n6cc(NC(=O)c7cnn8ccc(N9C[C@H]%10C[C@@H]9CO%10)nc78)c(C(F)F)n6)CC5)CC4)C3)c21. The zero-order valence-corrected chi connectivity index (χ0v) is 35.4. The number of hydrogen-bond acceptors (Lipinski definition) is 10. The highest BCUT2D eigenvalue weighted by Crippen LogP contribution is 2.54. The van der Waals surface area contributed by atoms with E-state index in [4.69, 9.17) is 9.72 Å². The van der Waals surface area contributed by atoms with Crippen molar-refractivity contribution in [1.29, 1.82) is 0 Å². The number of amides is 3. The number of aromatic nitrogens is 7. The zero-order valence-electron chi connectivity index (χ0n) is 35.4. The maximum atomic E-state index is 14.3. The number of para-hydroxylation sites is 1. The molecule has 4 saturated heterocycles. The molecule has 5 aromatic rings. The first-order chi connectivity index (χ1) is 30.5. The van der Waals surface area contributed by atoms with Gasteiger partial charge < -0.3 is 19.9 Å². The van der Waals surface area contributed by atoms with Crippen LogP contribution in [0, 0.1) is 17.3 Å². The minimum atomic E-state index is -2.85. The predicted octanol–water partition coefficient (Wildman–Crippen LogP) is 5.19. The summed E-state index contributed by atoms with van der Waals surface area (Å²) in [6.45, 7) is 4.57. The molecular weight excluding hydrogens is 813 g/mol. The van der Waals surface area contributed by atoms with Gasteiger partial charge in [0.1, 0.15) is 17.4 Å². The Hall–Kier alpha value is -5.49. The minimum absolute atomic E-state index is 0.00801. The number of benzene rings is 1. The molecule has 1 aromatic carbocycles. The van der Waals surface area contributed by atoms with E-state index in [1.807, 2.05) is 18.2 Å². The molecule has 4 aromatic heterocycles. The van der Waals surface area contributed by atoms with Gasteiger partial charge in [-0.25, -0.2) is 23.1 Å². The van der Waals surface area contributed by atoms with Gasteiger partial charge in [-0.05, 0) is 119 Å². The lowest BCUT2D eigenvalue weighted by molar-refractivity contribution is -0.135. The summed E-state index contributed by atoms with van der Waals surface area (Å²) >= 11 is 0. The Labute approximate surface area is 361 Å². The lowest BCUT2D eigenvalue weighted by Gasteiger charge is -2.53. The second-order valence-corrected chi connectivity index (χ2v) is 19.2. The molecule has 63 heavy (non-hydrogen) atoms. The van der Waals surface area contributed by atoms with Gasteiger partial charge in [-0.1, -0.05) is 12.1 Å². The number of nitrogens with zero attached hydrogens (tertiary/aromatic N) is 9. The lowest BCUT2D eigenvalue weighted by atomic mass is 9.56. The van der Waals surface area contributed by atoms with Crippen LogP contribution in [0.2, 0.25) is 0 Å². The van der Waals surface area contributed by atoms with Gasteiger partial charge in [0.15, 0.2) is 11.3 Å². The number of likely N-dealkylation sites (tertiary alicyclic amines) is 1. The molecule has 0 radical (unpaired) electrons. The summed E-state index contributed by atoms with van der Waals surface area (Å²) in [5, 5.41) is 13.7. The first-order valence-corrected chi connectivity index (χ1v) is 22.7. The van der Waals surface area contributed by atoms with E-state index in [-0.39, 0.29) is 47.5 Å². The fraction of sp³-hybridized carbons (Fsp3) is 0.578. The average molecular weight is 866 g/mol. The molecule has 1 unspecified atom stereocenters. The second kappa shape index (κ2) is 15.6. The van der Waals surface area contributed by atoms with Gasteiger partial charge in [-0.3, -0.25) is 33.5 Å². The number of imidazole rings is 1. The van der Waals surface area contributed by atoms with E-state index in [0.29, 0.717) is 35.9 Å². The number of halogens is 2. The summed E-state index contributed by atoms with van der Waals surface area (Å²) in [6, 6.07) is 7.38. The average Bonchev–Trinajstić information content (AvgIpc) is 4.11. The van der Waals surface area contributed by atoms with Crippen molar-refractivity contribution in [3.63, 3.8) is 0 Å². The molecule has 6 fully saturated rings. The minimum Gasteiger partial charge on any atom is -0.374 e. The molecule has 2 aliphatic carbocycles. The van der Waals surface area contributed by atoms with Gasteiger partial charge in [0.05, 0.1) is 47.7 Å². The van der Waals surface area contributed by atoms with Crippen molar-refractivity contribution >= 4 is 45.9 Å². The number of nitrogens with one attached hydrogen (secondary N) is 2. The standard InChI is InChI=1S/C45H53F2N11O5/c1-53-39-28(3-2-4-34(39)58(44(53)62)35-9-10-37(59)51-43(35)61)17-27-19-45(20-27)12-15-54(16-13-45)22-26-5-7-29(8-6-26)57-24-33(38(52-57)40(46)47)49-42(60)32-21-48-56-14-11-36(50-41(32)56)55-23-31-18-30(55)25-63-31/h2-4,11,14,21,24,26-27,29-31,35,40H,5-10,12-13,15-20,22-23,25H2,1H3,(H,49,60)(H,51,59,61)/t26?,29?,30-,31-,35?/m1/s1. The summed E-state index contributed by atoms with van der Waals surface area (Å²) in [4.78, 5) is 61.0. The molecule has 18 heteroatoms. The topological polar surface area (TPSA) is 166 Å². The van der Waals surface area contributed by atoms with Crippen molar-refractivity contribution in [1.82, 2.24) is 43.7 Å². The van der Waals surface area contributed by atoms with Crippen LogP contribution in [0.25, 0.3) is 16.7 Å². The first-order valence-electron chi connectivity index (χ1n) is 22.7. The van der Waals surface area contributed by atoms with Crippen molar-refractivity contribution in [3.05, 3.63) is 70.2 Å². The van der Waals surface area contributed by atoms with Crippen molar-refractivity contribution < 1.29 is 27.9 Å². The summed E-state index contributed by atoms with van der Waals surface area (Å²) in [7, 11) is 1.77. The fourth-order valence-electron chi connectivity index (χ4n) is 12.0. The van der Waals surface area contributed by atoms with Crippen molar-refractivity contribution in [2.75, 3.05) is 43.0 Å². The van der Waals surface area contributed by atoms with Crippen LogP contribution in [0.5, 0.6) is 0 Å². The maximum Gasteiger partial charge on any atom is 0.329 e. The van der Waals surface area contributed by atoms with Crippen LogP contribution in [0.4, 0.5) is 20.3 Å². The maximum absolute atomic E-state index is 14.3. The Morgan fingerprint density at radius 1 is 1.03 bits per heavy atom. The third-order valence-corrected chi connectivity index (χ3v) is 15.3. The highest BCUT2D eigenvalue weighted by molar-refractivity contribution is 6.08. The summed E-state index contributed by atoms with van der Waals surface area (Å²) in [5.41, 5.74) is 3.01. The molecule has 2 saturated carbocycles. The molecular formula is C45H53F2N11O5. The van der Waals surface area contributed by atoms with Gasteiger partial charge in [0, 0.05) is 39.0 Å². The van der Waals surface area contributed by atoms with Crippen molar-refractivity contribution in [2.45, 2.75) is 108 Å². The highest BCUT2D eigenvalue weighted by atomic mass is 19.3. The van der Waals surface area contributed by atoms with E-state index < -0.39 is 30.0 Å². The number of anilines is 2. The van der Waals surface area contributed by atoms with Gasteiger partial charge in [-0.15, -0.1) is 0 Å². The second-order valence-electron chi connectivity index (χ2n) is 19.2. The normalized spacial score (nSPS) is 26.3. The molecule has 11 rings (SSSR count). The van der Waals surface area contributed by atoms with Crippen LogP contribution in [0.1, 0.15) is 111 Å². The van der Waals surface area contributed by atoms with Gasteiger partial charge in [-0.2, -0.15) is 10.2 Å². The van der Waals surface area contributed by atoms with Gasteiger partial charge in [0.25, 0.3) is 12.3 Å². The first kappa shape index (κ1) is 40.3. The zero-order chi connectivity index (χ0) is 43.1. The Morgan fingerprint density at radius 2 is 1.84 bits per heavy atom. The third-order valence-electron chi connectivity index (χ3n) is 15.3. The number of carbonyl (C=O) groups is 3. The van der Waals surface area contributed by atoms with E-state index in [1.165, 1.54) is 36.4 Å². The Kier molecular flexibility index (Phi) is 10.0. The summed E-state index contributed by atoms with van der Waals surface area (Å²) < 4.78 is 40.8. The molecule has 2 bridgehead atoms. The lowest BCUT2D eigenvalue weighted by Crippen LogP contribution is -2.48. The van der Waals surface area contributed by atoms with Crippen LogP contribution in [0.15, 0.2) is 47.7 Å². The van der Waals surface area contributed by atoms with E-state index >= 15 is 0 Å². The van der Waals surface area contributed by atoms with E-state index in [1.54, 1.807) is 33.3 Å². The molecule has 3 atom stereocenters. The Balaban J connectivity index is 0.671. The third kappa shape index (κ3) is 7.22. The number of piperidine rings is 2. The monoisotopic (exact) mass is 865 g/mol. The smallest absolute Gasteiger partial charge is 0.329 e. The van der Waals surface area contributed by atoms with Crippen molar-refractivity contribution in [2.24, 2.45) is 24.3 Å². The quantitative estimate of drug-likeness (QED) is 0.179. The van der Waals surface area contributed by atoms with E-state index in [0.717, 1.165) is 87.1 Å². The highest BCUT2D eigenvalue weighted by Gasteiger charge is 2.46. The number of fused-ring (bicyclic) bond motifs is 4. The van der Waals surface area contributed by atoms with Crippen LogP contribution < -0.4 is 21.2 Å².